The number of hydrogen-bond donors (Lipinski definition) is 1. The number of rotatable bonds is 5. The number of piperidine rings is 1. The summed E-state index contributed by atoms with van der Waals surface area (Å²) in [4.78, 5) is 13.1. The van der Waals surface area contributed by atoms with E-state index in [1.807, 2.05) is 13.8 Å². The van der Waals surface area contributed by atoms with Crippen molar-refractivity contribution < 1.29 is 9.90 Å². The number of carbonyl (C=O) groups is 1. The summed E-state index contributed by atoms with van der Waals surface area (Å²) in [7, 11) is 0. The smallest absolute Gasteiger partial charge is 0.320 e. The van der Waals surface area contributed by atoms with E-state index in [1.165, 1.54) is 0 Å². The molecule has 1 rings (SSSR count). The Hall–Kier alpha value is -1.08. The first-order chi connectivity index (χ1) is 7.96. The van der Waals surface area contributed by atoms with Crippen molar-refractivity contribution in [1.29, 1.82) is 5.26 Å². The van der Waals surface area contributed by atoms with Gasteiger partial charge in [-0.1, -0.05) is 6.42 Å². The zero-order valence-electron chi connectivity index (χ0n) is 10.8. The van der Waals surface area contributed by atoms with Gasteiger partial charge in [0.15, 0.2) is 0 Å². The highest BCUT2D eigenvalue weighted by Gasteiger charge is 2.28. The lowest BCUT2D eigenvalue weighted by atomic mass is 9.89. The van der Waals surface area contributed by atoms with Crippen molar-refractivity contribution in [3.63, 3.8) is 0 Å². The van der Waals surface area contributed by atoms with Gasteiger partial charge in [-0.25, -0.2) is 0 Å². The first kappa shape index (κ1) is 14.0. The van der Waals surface area contributed by atoms with Crippen LogP contribution in [0.5, 0.6) is 0 Å². The summed E-state index contributed by atoms with van der Waals surface area (Å²) in [5.74, 6) is -0.704. The summed E-state index contributed by atoms with van der Waals surface area (Å²) in [5.41, 5.74) is -0.297. The Morgan fingerprint density at radius 2 is 2.24 bits per heavy atom. The van der Waals surface area contributed by atoms with E-state index in [4.69, 9.17) is 10.4 Å². The second kappa shape index (κ2) is 6.02. The highest BCUT2D eigenvalue weighted by atomic mass is 16.4. The van der Waals surface area contributed by atoms with Gasteiger partial charge in [-0.2, -0.15) is 5.26 Å². The van der Waals surface area contributed by atoms with Crippen LogP contribution in [0.4, 0.5) is 0 Å². The number of carboxylic acid groups (broad SMARTS) is 1. The van der Waals surface area contributed by atoms with Crippen LogP contribution in [0.25, 0.3) is 0 Å². The fourth-order valence-electron chi connectivity index (χ4n) is 2.32. The van der Waals surface area contributed by atoms with Gasteiger partial charge < -0.3 is 5.11 Å². The molecule has 0 radical (unpaired) electrons. The Bertz CT molecular complexity index is 307. The number of nitrogens with zero attached hydrogens (tertiary/aromatic N) is 2. The molecule has 17 heavy (non-hydrogen) atoms. The maximum atomic E-state index is 11.1. The number of nitriles is 1. The molecule has 0 aromatic heterocycles. The Balaban J connectivity index is 2.39. The Kier molecular flexibility index (Phi) is 4.95. The van der Waals surface area contributed by atoms with Crippen LogP contribution in [0.2, 0.25) is 0 Å². The molecule has 96 valence electrons. The molecule has 1 saturated heterocycles. The first-order valence-corrected chi connectivity index (χ1v) is 6.34. The average Bonchev–Trinajstić information content (AvgIpc) is 2.29. The van der Waals surface area contributed by atoms with Crippen molar-refractivity contribution in [3.05, 3.63) is 0 Å². The van der Waals surface area contributed by atoms with E-state index in [2.05, 4.69) is 11.0 Å². The van der Waals surface area contributed by atoms with Crippen molar-refractivity contribution in [1.82, 2.24) is 4.90 Å². The molecule has 1 fully saturated rings. The number of aliphatic carboxylic acids is 1. The fraction of sp³-hybridized carbons (Fsp3) is 0.846. The molecular formula is C13H22N2O2. The highest BCUT2D eigenvalue weighted by molar-refractivity contribution is 5.73. The predicted molar refractivity (Wildman–Crippen MR) is 65.5 cm³/mol. The third-order valence-corrected chi connectivity index (χ3v) is 3.45. The van der Waals surface area contributed by atoms with Gasteiger partial charge in [-0.15, -0.1) is 0 Å². The molecule has 0 amide bonds. The van der Waals surface area contributed by atoms with Crippen LogP contribution >= 0.6 is 0 Å². The number of hydrogen-bond acceptors (Lipinski definition) is 3. The minimum absolute atomic E-state index is 0.297. The van der Waals surface area contributed by atoms with Crippen LogP contribution in [0.15, 0.2) is 0 Å². The predicted octanol–water partition coefficient (Wildman–Crippen LogP) is 2.26. The standard InChI is InChI=1S/C13H22N2O2/c1-13(2,10-14)7-5-9-15-8-4-3-6-11(15)12(16)17/h11H,3-9H2,1-2H3,(H,16,17). The average molecular weight is 238 g/mol. The Labute approximate surface area is 103 Å². The van der Waals surface area contributed by atoms with Crippen LogP contribution in [0, 0.1) is 16.7 Å². The van der Waals surface area contributed by atoms with Crippen LogP contribution in [0.3, 0.4) is 0 Å². The van der Waals surface area contributed by atoms with E-state index in [-0.39, 0.29) is 11.5 Å². The van der Waals surface area contributed by atoms with Gasteiger partial charge in [0.2, 0.25) is 0 Å². The van der Waals surface area contributed by atoms with E-state index in [0.717, 1.165) is 45.2 Å². The van der Waals surface area contributed by atoms with Crippen molar-refractivity contribution in [3.8, 4) is 6.07 Å². The zero-order chi connectivity index (χ0) is 12.9. The summed E-state index contributed by atoms with van der Waals surface area (Å²) in [5, 5.41) is 18.0. The third kappa shape index (κ3) is 4.35. The van der Waals surface area contributed by atoms with Crippen molar-refractivity contribution in [2.24, 2.45) is 5.41 Å². The van der Waals surface area contributed by atoms with Gasteiger partial charge in [0.25, 0.3) is 0 Å². The van der Waals surface area contributed by atoms with Gasteiger partial charge in [0, 0.05) is 0 Å². The van der Waals surface area contributed by atoms with Crippen molar-refractivity contribution >= 4 is 5.97 Å². The quantitative estimate of drug-likeness (QED) is 0.798. The summed E-state index contributed by atoms with van der Waals surface area (Å²) in [6, 6.07) is 1.97. The molecule has 1 N–H and O–H groups in total. The molecule has 0 spiro atoms. The summed E-state index contributed by atoms with van der Waals surface area (Å²) in [6.45, 7) is 5.53. The number of carboxylic acids is 1. The summed E-state index contributed by atoms with van der Waals surface area (Å²) >= 11 is 0. The molecule has 0 aromatic rings. The van der Waals surface area contributed by atoms with E-state index in [1.54, 1.807) is 0 Å². The second-order valence-electron chi connectivity index (χ2n) is 5.49. The molecule has 0 bridgehead atoms. The molecule has 1 heterocycles. The van der Waals surface area contributed by atoms with Gasteiger partial charge in [-0.05, 0) is 52.6 Å². The molecule has 4 heteroatoms. The molecule has 0 aliphatic carbocycles. The fourth-order valence-corrected chi connectivity index (χ4v) is 2.32. The minimum Gasteiger partial charge on any atom is -0.480 e. The molecule has 1 atom stereocenters. The van der Waals surface area contributed by atoms with Crippen LogP contribution in [-0.4, -0.2) is 35.1 Å². The number of likely N-dealkylation sites (tertiary alicyclic amines) is 1. The maximum absolute atomic E-state index is 11.1. The van der Waals surface area contributed by atoms with Crippen LogP contribution in [-0.2, 0) is 4.79 Å². The first-order valence-electron chi connectivity index (χ1n) is 6.34. The largest absolute Gasteiger partial charge is 0.480 e. The second-order valence-corrected chi connectivity index (χ2v) is 5.49. The lowest BCUT2D eigenvalue weighted by Gasteiger charge is -2.33. The monoisotopic (exact) mass is 238 g/mol. The molecule has 1 unspecified atom stereocenters. The third-order valence-electron chi connectivity index (χ3n) is 3.45. The van der Waals surface area contributed by atoms with Gasteiger partial charge in [0.1, 0.15) is 6.04 Å². The Morgan fingerprint density at radius 1 is 1.53 bits per heavy atom. The molecule has 4 nitrogen and oxygen atoms in total. The van der Waals surface area contributed by atoms with E-state index in [0.29, 0.717) is 0 Å². The minimum atomic E-state index is -0.704. The molecule has 1 aliphatic heterocycles. The Morgan fingerprint density at radius 3 is 2.82 bits per heavy atom. The van der Waals surface area contributed by atoms with Crippen LogP contribution < -0.4 is 0 Å². The normalized spacial score (nSPS) is 22.1. The lowest BCUT2D eigenvalue weighted by molar-refractivity contribution is -0.144. The van der Waals surface area contributed by atoms with Crippen molar-refractivity contribution in [2.75, 3.05) is 13.1 Å². The lowest BCUT2D eigenvalue weighted by Crippen LogP contribution is -2.45. The van der Waals surface area contributed by atoms with E-state index in [9.17, 15) is 4.79 Å². The van der Waals surface area contributed by atoms with Gasteiger partial charge >= 0.3 is 5.97 Å². The van der Waals surface area contributed by atoms with Gasteiger partial charge in [-0.3, -0.25) is 9.69 Å². The topological polar surface area (TPSA) is 64.3 Å². The molecule has 0 aromatic carbocycles. The maximum Gasteiger partial charge on any atom is 0.320 e. The summed E-state index contributed by atoms with van der Waals surface area (Å²) < 4.78 is 0. The SMILES string of the molecule is CC(C)(C#N)CCCN1CCCCC1C(=O)O. The van der Waals surface area contributed by atoms with Crippen molar-refractivity contribution in [2.45, 2.75) is 52.0 Å². The van der Waals surface area contributed by atoms with E-state index < -0.39 is 5.97 Å². The summed E-state index contributed by atoms with van der Waals surface area (Å²) in [6.07, 6.45) is 4.58. The van der Waals surface area contributed by atoms with E-state index >= 15 is 0 Å². The highest BCUT2D eigenvalue weighted by Crippen LogP contribution is 2.23. The molecule has 1 aliphatic rings. The molecule has 0 saturated carbocycles. The zero-order valence-corrected chi connectivity index (χ0v) is 10.8. The molecular weight excluding hydrogens is 216 g/mol. The van der Waals surface area contributed by atoms with Crippen LogP contribution in [0.1, 0.15) is 46.0 Å². The van der Waals surface area contributed by atoms with Gasteiger partial charge in [0.05, 0.1) is 11.5 Å².